The van der Waals surface area contributed by atoms with Crippen LogP contribution in [-0.2, 0) is 9.53 Å². The molecule has 1 aromatic rings. The molecule has 0 atom stereocenters. The monoisotopic (exact) mass is 272 g/mol. The summed E-state index contributed by atoms with van der Waals surface area (Å²) in [6, 6.07) is 0. The maximum absolute atomic E-state index is 11.5. The number of aromatic nitrogens is 2. The third-order valence-corrected chi connectivity index (χ3v) is 2.61. The Morgan fingerprint density at radius 2 is 2.11 bits per heavy atom. The second-order valence-electron chi connectivity index (χ2n) is 3.73. The maximum atomic E-state index is 11.5. The summed E-state index contributed by atoms with van der Waals surface area (Å²) in [6.45, 7) is 4.65. The second-order valence-corrected chi connectivity index (χ2v) is 4.09. The number of nitrogens with one attached hydrogen (secondary N) is 2. The molecular weight excluding hydrogens is 256 g/mol. The maximum Gasteiger partial charge on any atom is 0.239 e. The van der Waals surface area contributed by atoms with E-state index in [9.17, 15) is 4.79 Å². The van der Waals surface area contributed by atoms with Crippen molar-refractivity contribution in [3.63, 3.8) is 0 Å². The van der Waals surface area contributed by atoms with Gasteiger partial charge in [-0.05, 0) is 13.8 Å². The highest BCUT2D eigenvalue weighted by molar-refractivity contribution is 6.30. The molecular formula is C11H17ClN4O2. The second kappa shape index (κ2) is 7.13. The smallest absolute Gasteiger partial charge is 0.239 e. The van der Waals surface area contributed by atoms with Crippen molar-refractivity contribution in [3.8, 4) is 0 Å². The molecule has 0 spiro atoms. The number of aryl methyl sites for hydroxylation is 1. The van der Waals surface area contributed by atoms with Crippen LogP contribution in [-0.4, -0.2) is 42.7 Å². The van der Waals surface area contributed by atoms with Gasteiger partial charge in [0.25, 0.3) is 0 Å². The van der Waals surface area contributed by atoms with E-state index >= 15 is 0 Å². The first-order chi connectivity index (χ1) is 8.54. The van der Waals surface area contributed by atoms with Crippen LogP contribution in [0.15, 0.2) is 0 Å². The molecule has 0 aliphatic rings. The molecule has 0 fully saturated rings. The van der Waals surface area contributed by atoms with Crippen molar-refractivity contribution in [3.05, 3.63) is 16.5 Å². The molecule has 0 bridgehead atoms. The van der Waals surface area contributed by atoms with Gasteiger partial charge in [-0.3, -0.25) is 4.79 Å². The number of hydrogen-bond donors (Lipinski definition) is 2. The zero-order valence-corrected chi connectivity index (χ0v) is 11.5. The molecule has 0 aliphatic carbocycles. The molecule has 100 valence electrons. The Kier molecular flexibility index (Phi) is 5.80. The van der Waals surface area contributed by atoms with E-state index in [1.54, 1.807) is 21.0 Å². The van der Waals surface area contributed by atoms with Gasteiger partial charge in [0, 0.05) is 19.2 Å². The van der Waals surface area contributed by atoms with Crippen molar-refractivity contribution >= 4 is 23.3 Å². The van der Waals surface area contributed by atoms with Crippen molar-refractivity contribution in [1.29, 1.82) is 0 Å². The fourth-order valence-electron chi connectivity index (χ4n) is 1.29. The lowest BCUT2D eigenvalue weighted by Gasteiger charge is -2.10. The lowest BCUT2D eigenvalue weighted by atomic mass is 10.3. The van der Waals surface area contributed by atoms with Crippen molar-refractivity contribution in [1.82, 2.24) is 15.3 Å². The first-order valence-corrected chi connectivity index (χ1v) is 5.92. The van der Waals surface area contributed by atoms with E-state index in [-0.39, 0.29) is 12.5 Å². The Balaban J connectivity index is 2.50. The van der Waals surface area contributed by atoms with Crippen molar-refractivity contribution in [2.75, 3.05) is 32.1 Å². The molecule has 0 aliphatic heterocycles. The molecule has 1 rings (SSSR count). The van der Waals surface area contributed by atoms with Crippen LogP contribution < -0.4 is 10.6 Å². The van der Waals surface area contributed by atoms with E-state index in [0.29, 0.717) is 29.9 Å². The topological polar surface area (TPSA) is 76.1 Å². The van der Waals surface area contributed by atoms with E-state index in [1.165, 1.54) is 0 Å². The number of amides is 1. The third kappa shape index (κ3) is 4.46. The van der Waals surface area contributed by atoms with Crippen molar-refractivity contribution in [2.45, 2.75) is 13.8 Å². The van der Waals surface area contributed by atoms with Gasteiger partial charge in [0.1, 0.15) is 16.8 Å². The summed E-state index contributed by atoms with van der Waals surface area (Å²) in [5, 5.41) is 6.03. The summed E-state index contributed by atoms with van der Waals surface area (Å²) in [7, 11) is 1.58. The van der Waals surface area contributed by atoms with Gasteiger partial charge in [0.15, 0.2) is 0 Å². The Hall–Kier alpha value is -1.40. The first-order valence-electron chi connectivity index (χ1n) is 5.55. The number of nitrogens with zero attached hydrogens (tertiary/aromatic N) is 2. The molecule has 1 amide bonds. The molecule has 1 heterocycles. The molecule has 7 heteroatoms. The highest BCUT2D eigenvalue weighted by Crippen LogP contribution is 2.18. The molecule has 0 saturated heterocycles. The zero-order chi connectivity index (χ0) is 13.5. The number of carbonyl (C=O) groups is 1. The molecule has 0 saturated carbocycles. The molecule has 0 unspecified atom stereocenters. The average Bonchev–Trinajstić information content (AvgIpc) is 2.32. The SMILES string of the molecule is COCCNC(=O)CNc1nc(C)nc(Cl)c1C. The van der Waals surface area contributed by atoms with Crippen LogP contribution in [0.25, 0.3) is 0 Å². The van der Waals surface area contributed by atoms with Gasteiger partial charge in [-0.2, -0.15) is 0 Å². The standard InChI is InChI=1S/C11H17ClN4O2/c1-7-10(12)15-8(2)16-11(7)14-6-9(17)13-4-5-18-3/h4-6H2,1-3H3,(H,13,17)(H,14,15,16). The average molecular weight is 273 g/mol. The van der Waals surface area contributed by atoms with Crippen molar-refractivity contribution < 1.29 is 9.53 Å². The van der Waals surface area contributed by atoms with Crippen molar-refractivity contribution in [2.24, 2.45) is 0 Å². The molecule has 0 aromatic carbocycles. The van der Waals surface area contributed by atoms with E-state index in [1.807, 2.05) is 0 Å². The van der Waals surface area contributed by atoms with Crippen LogP contribution in [0.2, 0.25) is 5.15 Å². The van der Waals surface area contributed by atoms with E-state index in [4.69, 9.17) is 16.3 Å². The number of halogens is 1. The highest BCUT2D eigenvalue weighted by Gasteiger charge is 2.08. The predicted molar refractivity (Wildman–Crippen MR) is 69.9 cm³/mol. The largest absolute Gasteiger partial charge is 0.383 e. The fourth-order valence-corrected chi connectivity index (χ4v) is 1.50. The summed E-state index contributed by atoms with van der Waals surface area (Å²) >= 11 is 5.93. The molecule has 18 heavy (non-hydrogen) atoms. The Morgan fingerprint density at radius 1 is 1.39 bits per heavy atom. The van der Waals surface area contributed by atoms with E-state index < -0.39 is 0 Å². The molecule has 2 N–H and O–H groups in total. The number of methoxy groups -OCH3 is 1. The highest BCUT2D eigenvalue weighted by atomic mass is 35.5. The minimum absolute atomic E-state index is 0.126. The van der Waals surface area contributed by atoms with Gasteiger partial charge in [0.05, 0.1) is 13.2 Å². The third-order valence-electron chi connectivity index (χ3n) is 2.24. The van der Waals surface area contributed by atoms with Gasteiger partial charge in [0.2, 0.25) is 5.91 Å². The summed E-state index contributed by atoms with van der Waals surface area (Å²) in [5.41, 5.74) is 0.729. The van der Waals surface area contributed by atoms with Crippen LogP contribution >= 0.6 is 11.6 Å². The molecule has 1 aromatic heterocycles. The van der Waals surface area contributed by atoms with Crippen LogP contribution in [0.4, 0.5) is 5.82 Å². The van der Waals surface area contributed by atoms with E-state index in [2.05, 4.69) is 20.6 Å². The van der Waals surface area contributed by atoms with Gasteiger partial charge < -0.3 is 15.4 Å². The number of carbonyl (C=O) groups excluding carboxylic acids is 1. The van der Waals surface area contributed by atoms with Crippen LogP contribution in [0.3, 0.4) is 0 Å². The Morgan fingerprint density at radius 3 is 2.78 bits per heavy atom. The summed E-state index contributed by atoms with van der Waals surface area (Å²) in [4.78, 5) is 19.7. The molecule has 6 nitrogen and oxygen atoms in total. The lowest BCUT2D eigenvalue weighted by Crippen LogP contribution is -2.32. The zero-order valence-electron chi connectivity index (χ0n) is 10.7. The predicted octanol–water partition coefficient (Wildman–Crippen LogP) is 0.921. The number of hydrogen-bond acceptors (Lipinski definition) is 5. The minimum atomic E-state index is -0.126. The fraction of sp³-hybridized carbons (Fsp3) is 0.545. The number of ether oxygens (including phenoxy) is 1. The van der Waals surface area contributed by atoms with Crippen LogP contribution in [0.5, 0.6) is 0 Å². The number of rotatable bonds is 6. The van der Waals surface area contributed by atoms with Gasteiger partial charge in [-0.15, -0.1) is 0 Å². The minimum Gasteiger partial charge on any atom is -0.383 e. The number of anilines is 1. The lowest BCUT2D eigenvalue weighted by molar-refractivity contribution is -0.119. The van der Waals surface area contributed by atoms with Gasteiger partial charge in [-0.25, -0.2) is 9.97 Å². The Labute approximate surface area is 111 Å². The van der Waals surface area contributed by atoms with Crippen LogP contribution in [0, 0.1) is 13.8 Å². The van der Waals surface area contributed by atoms with Gasteiger partial charge >= 0.3 is 0 Å². The first kappa shape index (κ1) is 14.7. The van der Waals surface area contributed by atoms with Gasteiger partial charge in [-0.1, -0.05) is 11.6 Å². The summed E-state index contributed by atoms with van der Waals surface area (Å²) < 4.78 is 4.83. The molecule has 0 radical (unpaired) electrons. The van der Waals surface area contributed by atoms with E-state index in [0.717, 1.165) is 5.56 Å². The summed E-state index contributed by atoms with van der Waals surface area (Å²) in [6.07, 6.45) is 0. The Bertz CT molecular complexity index is 426. The normalized spacial score (nSPS) is 10.2. The quantitative estimate of drug-likeness (QED) is 0.595. The summed E-state index contributed by atoms with van der Waals surface area (Å²) in [5.74, 6) is 1.01. The van der Waals surface area contributed by atoms with Crippen LogP contribution in [0.1, 0.15) is 11.4 Å².